The number of carbonyl (C=O) groups is 3. The quantitative estimate of drug-likeness (QED) is 0.727. The van der Waals surface area contributed by atoms with Crippen LogP contribution >= 0.6 is 0 Å². The van der Waals surface area contributed by atoms with Gasteiger partial charge < -0.3 is 9.53 Å². The summed E-state index contributed by atoms with van der Waals surface area (Å²) in [6.45, 7) is 4.41. The largest absolute Gasteiger partial charge is 0.465 e. The molecule has 0 aromatic rings. The number of hydrogen-bond donors (Lipinski definition) is 0. The number of nitriles is 2. The Hall–Kier alpha value is -2.21. The number of nitrogens with zero attached hydrogens (tertiary/aromatic N) is 2. The summed E-state index contributed by atoms with van der Waals surface area (Å²) in [6.07, 6.45) is -0.247. The third-order valence-electron chi connectivity index (χ3n) is 4.18. The molecule has 0 saturated heterocycles. The first-order valence-electron chi connectivity index (χ1n) is 6.81. The lowest BCUT2D eigenvalue weighted by molar-refractivity contribution is -0.162. The van der Waals surface area contributed by atoms with E-state index in [0.29, 0.717) is 0 Å². The Bertz CT molecular complexity index is 557. The van der Waals surface area contributed by atoms with Gasteiger partial charge in [0, 0.05) is 18.8 Å². The molecule has 21 heavy (non-hydrogen) atoms. The van der Waals surface area contributed by atoms with Gasteiger partial charge in [0.1, 0.15) is 11.2 Å². The molecule has 3 atom stereocenters. The van der Waals surface area contributed by atoms with Gasteiger partial charge in [-0.25, -0.2) is 0 Å². The SMILES string of the molecule is CCOC(=O)[C@@]1(C#N)CCC(=O)[C@@](C)(C#N)[C@H]1CC(C)=O. The molecule has 0 aromatic carbocycles. The van der Waals surface area contributed by atoms with E-state index < -0.39 is 22.7 Å². The number of esters is 1. The Balaban J connectivity index is 3.44. The van der Waals surface area contributed by atoms with Crippen LogP contribution in [0.1, 0.15) is 40.0 Å². The second kappa shape index (κ2) is 6.05. The molecule has 0 N–H and O–H groups in total. The van der Waals surface area contributed by atoms with E-state index in [1.165, 1.54) is 13.8 Å². The van der Waals surface area contributed by atoms with Crippen LogP contribution in [0, 0.1) is 39.4 Å². The molecule has 0 heterocycles. The van der Waals surface area contributed by atoms with Gasteiger partial charge in [0.05, 0.1) is 18.7 Å². The maximum atomic E-state index is 12.3. The summed E-state index contributed by atoms with van der Waals surface area (Å²) < 4.78 is 4.97. The van der Waals surface area contributed by atoms with E-state index in [0.717, 1.165) is 0 Å². The fraction of sp³-hybridized carbons (Fsp3) is 0.667. The molecule has 0 radical (unpaired) electrons. The highest BCUT2D eigenvalue weighted by Crippen LogP contribution is 2.51. The molecule has 1 aliphatic carbocycles. The Morgan fingerprint density at radius 1 is 1.38 bits per heavy atom. The molecular weight excluding hydrogens is 272 g/mol. The van der Waals surface area contributed by atoms with Crippen LogP contribution in [0.4, 0.5) is 0 Å². The van der Waals surface area contributed by atoms with Gasteiger partial charge in [-0.05, 0) is 27.2 Å². The maximum Gasteiger partial charge on any atom is 0.326 e. The van der Waals surface area contributed by atoms with Crippen molar-refractivity contribution in [1.82, 2.24) is 0 Å². The van der Waals surface area contributed by atoms with Gasteiger partial charge in [0.2, 0.25) is 0 Å². The highest BCUT2D eigenvalue weighted by Gasteiger charge is 2.61. The van der Waals surface area contributed by atoms with Crippen LogP contribution in [0.5, 0.6) is 0 Å². The Labute approximate surface area is 123 Å². The highest BCUT2D eigenvalue weighted by atomic mass is 16.5. The lowest BCUT2D eigenvalue weighted by atomic mass is 9.54. The second-order valence-corrected chi connectivity index (χ2v) is 5.50. The summed E-state index contributed by atoms with van der Waals surface area (Å²) in [5.74, 6) is -2.36. The van der Waals surface area contributed by atoms with Gasteiger partial charge in [0.25, 0.3) is 0 Å². The van der Waals surface area contributed by atoms with Crippen molar-refractivity contribution >= 4 is 17.5 Å². The minimum absolute atomic E-state index is 0.0175. The van der Waals surface area contributed by atoms with Crippen LogP contribution in [-0.4, -0.2) is 24.1 Å². The summed E-state index contributed by atoms with van der Waals surface area (Å²) >= 11 is 0. The first kappa shape index (κ1) is 16.8. The molecule has 0 aromatic heterocycles. The van der Waals surface area contributed by atoms with Gasteiger partial charge in [0.15, 0.2) is 11.2 Å². The van der Waals surface area contributed by atoms with Crippen LogP contribution in [-0.2, 0) is 19.1 Å². The number of Topliss-reactive ketones (excluding diaryl/α,β-unsaturated/α-hetero) is 2. The zero-order valence-electron chi connectivity index (χ0n) is 12.4. The van der Waals surface area contributed by atoms with Crippen molar-refractivity contribution in [1.29, 1.82) is 10.5 Å². The van der Waals surface area contributed by atoms with Crippen LogP contribution < -0.4 is 0 Å². The van der Waals surface area contributed by atoms with Crippen molar-refractivity contribution in [2.45, 2.75) is 40.0 Å². The molecule has 112 valence electrons. The Kier molecular flexibility index (Phi) is 4.85. The summed E-state index contributed by atoms with van der Waals surface area (Å²) in [5, 5.41) is 19.0. The zero-order valence-corrected chi connectivity index (χ0v) is 12.4. The van der Waals surface area contributed by atoms with E-state index in [1.807, 2.05) is 12.1 Å². The first-order valence-corrected chi connectivity index (χ1v) is 6.81. The van der Waals surface area contributed by atoms with Gasteiger partial charge >= 0.3 is 5.97 Å². The predicted molar refractivity (Wildman–Crippen MR) is 71.4 cm³/mol. The molecule has 6 nitrogen and oxygen atoms in total. The predicted octanol–water partition coefficient (Wildman–Crippen LogP) is 1.55. The molecule has 1 saturated carbocycles. The van der Waals surface area contributed by atoms with Crippen molar-refractivity contribution in [3.8, 4) is 12.1 Å². The molecule has 1 fully saturated rings. The van der Waals surface area contributed by atoms with E-state index in [2.05, 4.69) is 0 Å². The van der Waals surface area contributed by atoms with E-state index in [1.54, 1.807) is 6.92 Å². The fourth-order valence-electron chi connectivity index (χ4n) is 2.92. The average Bonchev–Trinajstić information content (AvgIpc) is 2.44. The normalized spacial score (nSPS) is 31.9. The molecule has 1 aliphatic rings. The summed E-state index contributed by atoms with van der Waals surface area (Å²) in [5.41, 5.74) is -3.16. The number of hydrogen-bond acceptors (Lipinski definition) is 6. The number of ketones is 2. The van der Waals surface area contributed by atoms with Crippen LogP contribution in [0.2, 0.25) is 0 Å². The first-order chi connectivity index (χ1) is 9.78. The standard InChI is InChI=1S/C15H18N2O4/c1-4-21-13(20)15(9-17)6-5-12(19)14(3,8-16)11(15)7-10(2)18/h11H,4-7H2,1-3H3/t11-,14+,15-/m1/s1. The van der Waals surface area contributed by atoms with Crippen LogP contribution in [0.25, 0.3) is 0 Å². The summed E-state index contributed by atoms with van der Waals surface area (Å²) in [7, 11) is 0. The maximum absolute atomic E-state index is 12.3. The molecule has 0 amide bonds. The molecule has 0 unspecified atom stereocenters. The smallest absolute Gasteiger partial charge is 0.326 e. The molecule has 0 bridgehead atoms. The second-order valence-electron chi connectivity index (χ2n) is 5.50. The Morgan fingerprint density at radius 3 is 2.43 bits per heavy atom. The minimum Gasteiger partial charge on any atom is -0.465 e. The van der Waals surface area contributed by atoms with Crippen molar-refractivity contribution < 1.29 is 19.1 Å². The van der Waals surface area contributed by atoms with Crippen molar-refractivity contribution in [2.24, 2.45) is 16.7 Å². The van der Waals surface area contributed by atoms with E-state index in [4.69, 9.17) is 4.74 Å². The van der Waals surface area contributed by atoms with Gasteiger partial charge in [-0.15, -0.1) is 0 Å². The van der Waals surface area contributed by atoms with Crippen LogP contribution in [0.3, 0.4) is 0 Å². The minimum atomic E-state index is -1.62. The van der Waals surface area contributed by atoms with Gasteiger partial charge in [-0.1, -0.05) is 0 Å². The van der Waals surface area contributed by atoms with E-state index in [-0.39, 0.29) is 37.4 Å². The van der Waals surface area contributed by atoms with Gasteiger partial charge in [-0.3, -0.25) is 9.59 Å². The average molecular weight is 290 g/mol. The van der Waals surface area contributed by atoms with Crippen molar-refractivity contribution in [2.75, 3.05) is 6.61 Å². The molecule has 0 aliphatic heterocycles. The number of ether oxygens (including phenoxy) is 1. The lowest BCUT2D eigenvalue weighted by Crippen LogP contribution is -2.53. The third-order valence-corrected chi connectivity index (χ3v) is 4.18. The molecule has 6 heteroatoms. The topological polar surface area (TPSA) is 108 Å². The number of rotatable bonds is 4. The van der Waals surface area contributed by atoms with E-state index >= 15 is 0 Å². The van der Waals surface area contributed by atoms with Gasteiger partial charge in [-0.2, -0.15) is 10.5 Å². The third kappa shape index (κ3) is 2.67. The fourth-order valence-corrected chi connectivity index (χ4v) is 2.92. The molecule has 1 rings (SSSR count). The van der Waals surface area contributed by atoms with E-state index in [9.17, 15) is 24.9 Å². The lowest BCUT2D eigenvalue weighted by Gasteiger charge is -2.43. The summed E-state index contributed by atoms with van der Waals surface area (Å²) in [4.78, 5) is 35.9. The van der Waals surface area contributed by atoms with Crippen LogP contribution in [0.15, 0.2) is 0 Å². The highest BCUT2D eigenvalue weighted by molar-refractivity contribution is 5.94. The zero-order chi connectivity index (χ0) is 16.3. The monoisotopic (exact) mass is 290 g/mol. The summed E-state index contributed by atoms with van der Waals surface area (Å²) in [6, 6.07) is 3.85. The van der Waals surface area contributed by atoms with Crippen molar-refractivity contribution in [3.63, 3.8) is 0 Å². The Morgan fingerprint density at radius 2 is 2.00 bits per heavy atom. The number of carbonyl (C=O) groups excluding carboxylic acids is 3. The van der Waals surface area contributed by atoms with Crippen molar-refractivity contribution in [3.05, 3.63) is 0 Å². The molecule has 0 spiro atoms. The molecular formula is C15H18N2O4.